The van der Waals surface area contributed by atoms with Crippen LogP contribution in [0.5, 0.6) is 11.5 Å². The van der Waals surface area contributed by atoms with Crippen molar-refractivity contribution in [3.8, 4) is 22.1 Å². The van der Waals surface area contributed by atoms with E-state index in [2.05, 4.69) is 10.4 Å². The number of thiophene rings is 1. The Labute approximate surface area is 182 Å². The van der Waals surface area contributed by atoms with Crippen molar-refractivity contribution in [1.82, 2.24) is 14.8 Å². The van der Waals surface area contributed by atoms with E-state index in [4.69, 9.17) is 26.1 Å². The van der Waals surface area contributed by atoms with E-state index in [0.717, 1.165) is 10.6 Å². The molecule has 3 aromatic heterocycles. The summed E-state index contributed by atoms with van der Waals surface area (Å²) in [6.45, 7) is 2.63. The van der Waals surface area contributed by atoms with Crippen LogP contribution in [-0.2, 0) is 6.54 Å². The van der Waals surface area contributed by atoms with Crippen LogP contribution in [0.2, 0.25) is 5.02 Å². The van der Waals surface area contributed by atoms with Gasteiger partial charge in [0.1, 0.15) is 0 Å². The molecule has 30 heavy (non-hydrogen) atoms. The Balaban J connectivity index is 1.79. The predicted molar refractivity (Wildman–Crippen MR) is 119 cm³/mol. The fourth-order valence-electron chi connectivity index (χ4n) is 3.16. The number of nitrogens with one attached hydrogen (secondary N) is 1. The number of rotatable bonds is 6. The molecule has 0 saturated carbocycles. The van der Waals surface area contributed by atoms with Gasteiger partial charge in [0.25, 0.3) is 5.91 Å². The molecule has 0 aliphatic rings. The van der Waals surface area contributed by atoms with Crippen LogP contribution in [0.15, 0.2) is 41.9 Å². The highest BCUT2D eigenvalue weighted by atomic mass is 35.5. The molecule has 1 amide bonds. The SMILES string of the molecule is CCn1ncc2c(C(=O)Nc3cc(OC)c(OC)cc3Cl)cc(-c3cccs3)nc21. The van der Waals surface area contributed by atoms with E-state index in [1.807, 2.05) is 24.4 Å². The molecule has 4 aromatic rings. The van der Waals surface area contributed by atoms with Crippen molar-refractivity contribution in [2.24, 2.45) is 0 Å². The Bertz CT molecular complexity index is 1220. The van der Waals surface area contributed by atoms with Gasteiger partial charge in [-0.05, 0) is 24.4 Å². The number of hydrogen-bond acceptors (Lipinski definition) is 6. The highest BCUT2D eigenvalue weighted by molar-refractivity contribution is 7.13. The highest BCUT2D eigenvalue weighted by Crippen LogP contribution is 2.36. The molecule has 1 aromatic carbocycles. The molecule has 0 radical (unpaired) electrons. The number of amides is 1. The summed E-state index contributed by atoms with van der Waals surface area (Å²) in [5.74, 6) is 0.635. The van der Waals surface area contributed by atoms with Gasteiger partial charge in [-0.25, -0.2) is 9.67 Å². The van der Waals surface area contributed by atoms with Crippen LogP contribution in [0.4, 0.5) is 5.69 Å². The first-order chi connectivity index (χ1) is 14.5. The smallest absolute Gasteiger partial charge is 0.256 e. The van der Waals surface area contributed by atoms with Crippen molar-refractivity contribution in [2.75, 3.05) is 19.5 Å². The Hall–Kier alpha value is -3.10. The normalized spacial score (nSPS) is 10.9. The number of carbonyl (C=O) groups is 1. The lowest BCUT2D eigenvalue weighted by atomic mass is 10.1. The molecule has 0 saturated heterocycles. The summed E-state index contributed by atoms with van der Waals surface area (Å²) in [7, 11) is 3.05. The number of fused-ring (bicyclic) bond motifs is 1. The fraction of sp³-hybridized carbons (Fsp3) is 0.190. The maximum atomic E-state index is 13.3. The van der Waals surface area contributed by atoms with Crippen LogP contribution >= 0.6 is 22.9 Å². The summed E-state index contributed by atoms with van der Waals surface area (Å²) in [6, 6.07) is 8.93. The molecule has 0 bridgehead atoms. The second-order valence-electron chi connectivity index (χ2n) is 6.37. The molecule has 0 aliphatic heterocycles. The standard InChI is InChI=1S/C21H19ClN4O3S/c1-4-26-20-13(11-23-26)12(8-16(24-20)19-6-5-7-30-19)21(27)25-15-10-18(29-3)17(28-2)9-14(15)22/h5-11H,4H2,1-3H3,(H,25,27). The van der Waals surface area contributed by atoms with Gasteiger partial charge in [-0.2, -0.15) is 5.10 Å². The number of nitrogens with zero attached hydrogens (tertiary/aromatic N) is 3. The Morgan fingerprint density at radius 1 is 1.23 bits per heavy atom. The number of ether oxygens (including phenoxy) is 2. The van der Waals surface area contributed by atoms with E-state index in [-0.39, 0.29) is 5.91 Å². The molecule has 3 heterocycles. The van der Waals surface area contributed by atoms with Crippen molar-refractivity contribution in [2.45, 2.75) is 13.5 Å². The molecule has 4 rings (SSSR count). The number of anilines is 1. The van der Waals surface area contributed by atoms with Crippen molar-refractivity contribution in [3.05, 3.63) is 52.5 Å². The second-order valence-corrected chi connectivity index (χ2v) is 7.73. The number of hydrogen-bond donors (Lipinski definition) is 1. The largest absolute Gasteiger partial charge is 0.493 e. The average molecular weight is 443 g/mol. The number of pyridine rings is 1. The molecular formula is C21H19ClN4O3S. The predicted octanol–water partition coefficient (Wildman–Crippen LogP) is 5.10. The second kappa shape index (κ2) is 8.33. The molecule has 9 heteroatoms. The number of halogens is 1. The van der Waals surface area contributed by atoms with Gasteiger partial charge in [0.05, 0.1) is 52.6 Å². The number of methoxy groups -OCH3 is 2. The highest BCUT2D eigenvalue weighted by Gasteiger charge is 2.19. The summed E-state index contributed by atoms with van der Waals surface area (Å²) in [5, 5.41) is 10.2. The van der Waals surface area contributed by atoms with Gasteiger partial charge in [-0.3, -0.25) is 4.79 Å². The molecule has 0 spiro atoms. The first-order valence-electron chi connectivity index (χ1n) is 9.19. The summed E-state index contributed by atoms with van der Waals surface area (Å²) < 4.78 is 12.3. The summed E-state index contributed by atoms with van der Waals surface area (Å²) >= 11 is 7.91. The van der Waals surface area contributed by atoms with Gasteiger partial charge in [-0.15, -0.1) is 11.3 Å². The monoisotopic (exact) mass is 442 g/mol. The third-order valence-electron chi connectivity index (χ3n) is 4.65. The topological polar surface area (TPSA) is 78.3 Å². The zero-order valence-electron chi connectivity index (χ0n) is 16.6. The lowest BCUT2D eigenvalue weighted by molar-refractivity contribution is 0.102. The van der Waals surface area contributed by atoms with E-state index in [1.165, 1.54) is 14.2 Å². The van der Waals surface area contributed by atoms with Crippen molar-refractivity contribution in [3.63, 3.8) is 0 Å². The maximum absolute atomic E-state index is 13.3. The molecule has 154 valence electrons. The first-order valence-corrected chi connectivity index (χ1v) is 10.4. The van der Waals surface area contributed by atoms with E-state index in [9.17, 15) is 4.79 Å². The van der Waals surface area contributed by atoms with Crippen LogP contribution in [0, 0.1) is 0 Å². The zero-order chi connectivity index (χ0) is 21.3. The number of carbonyl (C=O) groups excluding carboxylic acids is 1. The third-order valence-corrected chi connectivity index (χ3v) is 5.85. The van der Waals surface area contributed by atoms with Gasteiger partial charge in [-0.1, -0.05) is 17.7 Å². The van der Waals surface area contributed by atoms with Crippen LogP contribution in [0.1, 0.15) is 17.3 Å². The minimum absolute atomic E-state index is 0.315. The molecule has 7 nitrogen and oxygen atoms in total. The van der Waals surface area contributed by atoms with Gasteiger partial charge in [0, 0.05) is 18.7 Å². The molecular weight excluding hydrogens is 424 g/mol. The number of aromatic nitrogens is 3. The van der Waals surface area contributed by atoms with Gasteiger partial charge in [0.15, 0.2) is 17.1 Å². The third kappa shape index (κ3) is 3.59. The van der Waals surface area contributed by atoms with Crippen LogP contribution < -0.4 is 14.8 Å². The Morgan fingerprint density at radius 3 is 2.67 bits per heavy atom. The number of aryl methyl sites for hydroxylation is 1. The summed E-state index contributed by atoms with van der Waals surface area (Å²) in [4.78, 5) is 19.0. The molecule has 0 unspecified atom stereocenters. The maximum Gasteiger partial charge on any atom is 0.256 e. The number of benzene rings is 1. The minimum Gasteiger partial charge on any atom is -0.493 e. The lowest BCUT2D eigenvalue weighted by Crippen LogP contribution is -2.13. The van der Waals surface area contributed by atoms with E-state index >= 15 is 0 Å². The van der Waals surface area contributed by atoms with Crippen LogP contribution in [-0.4, -0.2) is 34.9 Å². The molecule has 1 N–H and O–H groups in total. The van der Waals surface area contributed by atoms with Gasteiger partial charge in [0.2, 0.25) is 0 Å². The first kappa shape index (κ1) is 20.2. The fourth-order valence-corrected chi connectivity index (χ4v) is 4.04. The van der Waals surface area contributed by atoms with Crippen LogP contribution in [0.25, 0.3) is 21.6 Å². The Kier molecular flexibility index (Phi) is 5.61. The molecule has 0 atom stereocenters. The van der Waals surface area contributed by atoms with E-state index in [0.29, 0.717) is 45.4 Å². The quantitative estimate of drug-likeness (QED) is 0.449. The molecule has 0 aliphatic carbocycles. The zero-order valence-corrected chi connectivity index (χ0v) is 18.2. The average Bonchev–Trinajstić information content (AvgIpc) is 3.43. The summed E-state index contributed by atoms with van der Waals surface area (Å²) in [6.07, 6.45) is 1.66. The van der Waals surface area contributed by atoms with Crippen molar-refractivity contribution >= 4 is 45.6 Å². The molecule has 0 fully saturated rings. The van der Waals surface area contributed by atoms with Crippen LogP contribution in [0.3, 0.4) is 0 Å². The summed E-state index contributed by atoms with van der Waals surface area (Å²) in [5.41, 5.74) is 2.27. The van der Waals surface area contributed by atoms with E-state index in [1.54, 1.807) is 40.4 Å². The van der Waals surface area contributed by atoms with E-state index < -0.39 is 0 Å². The minimum atomic E-state index is -0.315. The van der Waals surface area contributed by atoms with Gasteiger partial charge >= 0.3 is 0 Å². The van der Waals surface area contributed by atoms with Gasteiger partial charge < -0.3 is 14.8 Å². The lowest BCUT2D eigenvalue weighted by Gasteiger charge is -2.13. The van der Waals surface area contributed by atoms with Crippen molar-refractivity contribution in [1.29, 1.82) is 0 Å². The van der Waals surface area contributed by atoms with Crippen molar-refractivity contribution < 1.29 is 14.3 Å². The Morgan fingerprint density at radius 2 is 2.00 bits per heavy atom.